The van der Waals surface area contributed by atoms with E-state index >= 15 is 0 Å². The van der Waals surface area contributed by atoms with E-state index in [1.54, 1.807) is 17.0 Å². The van der Waals surface area contributed by atoms with E-state index < -0.39 is 12.1 Å². The molecule has 32 heavy (non-hydrogen) atoms. The fourth-order valence-electron chi connectivity index (χ4n) is 5.52. The molecule has 172 valence electrons. The molecule has 0 bridgehead atoms. The molecule has 1 aliphatic carbocycles. The summed E-state index contributed by atoms with van der Waals surface area (Å²) in [6.45, 7) is 5.28. The van der Waals surface area contributed by atoms with Crippen LogP contribution < -0.4 is 10.6 Å². The van der Waals surface area contributed by atoms with E-state index in [0.717, 1.165) is 5.56 Å². The van der Waals surface area contributed by atoms with Gasteiger partial charge in [0.1, 0.15) is 18.1 Å². The Labute approximate surface area is 187 Å². The van der Waals surface area contributed by atoms with Crippen LogP contribution >= 0.6 is 0 Å². The number of fused-ring (bicyclic) bond motifs is 1. The highest BCUT2D eigenvalue weighted by atomic mass is 19.1. The molecular formula is C24H30FN3O4. The van der Waals surface area contributed by atoms with E-state index in [-0.39, 0.29) is 59.5 Å². The highest BCUT2D eigenvalue weighted by molar-refractivity contribution is 5.91. The lowest BCUT2D eigenvalue weighted by molar-refractivity contribution is -0.141. The Morgan fingerprint density at radius 1 is 1.38 bits per heavy atom. The first-order valence-corrected chi connectivity index (χ1v) is 11.3. The number of aldehydes is 1. The lowest BCUT2D eigenvalue weighted by atomic mass is 9.97. The molecule has 0 aromatic heterocycles. The number of carbonyl (C=O) groups is 4. The van der Waals surface area contributed by atoms with Crippen molar-refractivity contribution in [1.82, 2.24) is 15.5 Å². The van der Waals surface area contributed by atoms with Gasteiger partial charge in [0.05, 0.1) is 6.04 Å². The third-order valence-electron chi connectivity index (χ3n) is 7.51. The van der Waals surface area contributed by atoms with Crippen LogP contribution in [0.15, 0.2) is 24.3 Å². The molecule has 3 fully saturated rings. The number of rotatable bonds is 8. The average molecular weight is 444 g/mol. The number of halogens is 1. The van der Waals surface area contributed by atoms with Crippen LogP contribution in [0.5, 0.6) is 0 Å². The number of nitrogens with one attached hydrogen (secondary N) is 2. The van der Waals surface area contributed by atoms with Crippen LogP contribution in [-0.4, -0.2) is 54.1 Å². The molecule has 1 saturated carbocycles. The highest BCUT2D eigenvalue weighted by Crippen LogP contribution is 2.64. The number of benzene rings is 1. The van der Waals surface area contributed by atoms with E-state index in [9.17, 15) is 23.6 Å². The summed E-state index contributed by atoms with van der Waals surface area (Å²) >= 11 is 0. The molecule has 7 nitrogen and oxygen atoms in total. The zero-order valence-electron chi connectivity index (χ0n) is 18.5. The van der Waals surface area contributed by atoms with Gasteiger partial charge in [-0.05, 0) is 54.2 Å². The molecule has 1 aromatic carbocycles. The minimum absolute atomic E-state index is 0.0383. The first-order chi connectivity index (χ1) is 15.2. The fourth-order valence-corrected chi connectivity index (χ4v) is 5.52. The SMILES string of the molecule is CC1(C)[C@@H]2[C@@H](C(=O)N[C@H](C=O)C[C@@H]3CCNC3=O)N(C(=O)CCc3cccc(F)c3)C[C@@H]21. The number of amides is 3. The van der Waals surface area contributed by atoms with Gasteiger partial charge in [-0.3, -0.25) is 14.4 Å². The molecule has 5 atom stereocenters. The van der Waals surface area contributed by atoms with Gasteiger partial charge in [0.25, 0.3) is 0 Å². The molecule has 2 N–H and O–H groups in total. The maximum Gasteiger partial charge on any atom is 0.243 e. The smallest absolute Gasteiger partial charge is 0.243 e. The van der Waals surface area contributed by atoms with Gasteiger partial charge in [-0.15, -0.1) is 0 Å². The number of carbonyl (C=O) groups excluding carboxylic acids is 4. The molecule has 0 spiro atoms. The molecule has 2 saturated heterocycles. The van der Waals surface area contributed by atoms with E-state index in [2.05, 4.69) is 24.5 Å². The summed E-state index contributed by atoms with van der Waals surface area (Å²) in [6.07, 6.45) is 2.16. The summed E-state index contributed by atoms with van der Waals surface area (Å²) in [5.74, 6) is -0.915. The number of hydrogen-bond acceptors (Lipinski definition) is 4. The second kappa shape index (κ2) is 8.64. The lowest BCUT2D eigenvalue weighted by Gasteiger charge is -2.31. The summed E-state index contributed by atoms with van der Waals surface area (Å²) in [5.41, 5.74) is 0.698. The minimum Gasteiger partial charge on any atom is -0.356 e. The van der Waals surface area contributed by atoms with E-state index in [4.69, 9.17) is 0 Å². The second-order valence-corrected chi connectivity index (χ2v) is 9.84. The zero-order chi connectivity index (χ0) is 23.0. The first-order valence-electron chi connectivity index (χ1n) is 11.3. The molecular weight excluding hydrogens is 413 g/mol. The minimum atomic E-state index is -0.762. The maximum atomic E-state index is 13.4. The normalized spacial score (nSPS) is 28.6. The molecule has 1 aromatic rings. The van der Waals surface area contributed by atoms with Gasteiger partial charge < -0.3 is 20.3 Å². The highest BCUT2D eigenvalue weighted by Gasteiger charge is 2.69. The molecule has 2 aliphatic heterocycles. The Morgan fingerprint density at radius 3 is 2.81 bits per heavy atom. The van der Waals surface area contributed by atoms with Crippen molar-refractivity contribution in [3.63, 3.8) is 0 Å². The predicted octanol–water partition coefficient (Wildman–Crippen LogP) is 1.45. The molecule has 2 heterocycles. The first kappa shape index (κ1) is 22.4. The van der Waals surface area contributed by atoms with Gasteiger partial charge in [0, 0.05) is 25.4 Å². The van der Waals surface area contributed by atoms with Gasteiger partial charge in [0.15, 0.2) is 0 Å². The monoisotopic (exact) mass is 443 g/mol. The van der Waals surface area contributed by atoms with Crippen molar-refractivity contribution in [3.05, 3.63) is 35.6 Å². The third-order valence-corrected chi connectivity index (χ3v) is 7.51. The van der Waals surface area contributed by atoms with Crippen LogP contribution in [0.1, 0.15) is 38.7 Å². The summed E-state index contributed by atoms with van der Waals surface area (Å²) in [7, 11) is 0. The van der Waals surface area contributed by atoms with Gasteiger partial charge in [-0.1, -0.05) is 26.0 Å². The molecule has 3 aliphatic rings. The third kappa shape index (κ3) is 4.27. The van der Waals surface area contributed by atoms with Crippen molar-refractivity contribution in [1.29, 1.82) is 0 Å². The topological polar surface area (TPSA) is 95.6 Å². The van der Waals surface area contributed by atoms with Crippen LogP contribution in [0.3, 0.4) is 0 Å². The van der Waals surface area contributed by atoms with E-state index in [0.29, 0.717) is 32.2 Å². The van der Waals surface area contributed by atoms with Crippen molar-refractivity contribution in [3.8, 4) is 0 Å². The van der Waals surface area contributed by atoms with E-state index in [1.165, 1.54) is 12.1 Å². The Morgan fingerprint density at radius 2 is 2.16 bits per heavy atom. The summed E-state index contributed by atoms with van der Waals surface area (Å²) in [6, 6.07) is 4.77. The zero-order valence-corrected chi connectivity index (χ0v) is 18.5. The Hall–Kier alpha value is -2.77. The fraction of sp³-hybridized carbons (Fsp3) is 0.583. The largest absolute Gasteiger partial charge is 0.356 e. The number of hydrogen-bond donors (Lipinski definition) is 2. The van der Waals surface area contributed by atoms with Crippen LogP contribution in [0.25, 0.3) is 0 Å². The molecule has 0 radical (unpaired) electrons. The molecule has 0 unspecified atom stereocenters. The standard InChI is InChI=1S/C24H30FN3O4/c1-24(2)18-12-28(19(30)7-6-14-4-3-5-16(25)10-14)21(20(18)24)23(32)27-17(13-29)11-15-8-9-26-22(15)31/h3-5,10,13,15,17-18,20-21H,6-9,11-12H2,1-2H3,(H,26,31)(H,27,32)/t15-,17-,18-,20-,21-/m0/s1. The van der Waals surface area contributed by atoms with Crippen LogP contribution in [-0.2, 0) is 25.6 Å². The quantitative estimate of drug-likeness (QED) is 0.595. The molecule has 3 amide bonds. The summed E-state index contributed by atoms with van der Waals surface area (Å²) in [4.78, 5) is 51.3. The summed E-state index contributed by atoms with van der Waals surface area (Å²) < 4.78 is 13.4. The van der Waals surface area contributed by atoms with Crippen molar-refractivity contribution < 1.29 is 23.6 Å². The summed E-state index contributed by atoms with van der Waals surface area (Å²) in [5, 5.41) is 5.53. The van der Waals surface area contributed by atoms with Crippen LogP contribution in [0.4, 0.5) is 4.39 Å². The average Bonchev–Trinajstić information content (AvgIpc) is 3.12. The van der Waals surface area contributed by atoms with Gasteiger partial charge in [-0.2, -0.15) is 0 Å². The Bertz CT molecular complexity index is 934. The number of piperidine rings is 1. The number of aryl methyl sites for hydroxylation is 1. The van der Waals surface area contributed by atoms with Crippen molar-refractivity contribution >= 4 is 24.0 Å². The van der Waals surface area contributed by atoms with Crippen LogP contribution in [0.2, 0.25) is 0 Å². The van der Waals surface area contributed by atoms with Gasteiger partial charge >= 0.3 is 0 Å². The van der Waals surface area contributed by atoms with E-state index in [1.807, 2.05) is 0 Å². The Balaban J connectivity index is 1.41. The Kier molecular flexibility index (Phi) is 6.05. The van der Waals surface area contributed by atoms with Crippen molar-refractivity contribution in [2.24, 2.45) is 23.2 Å². The van der Waals surface area contributed by atoms with Gasteiger partial charge in [0.2, 0.25) is 17.7 Å². The maximum absolute atomic E-state index is 13.4. The predicted molar refractivity (Wildman–Crippen MR) is 115 cm³/mol. The van der Waals surface area contributed by atoms with Crippen LogP contribution in [0, 0.1) is 29.0 Å². The number of nitrogens with zero attached hydrogens (tertiary/aromatic N) is 1. The molecule has 4 rings (SSSR count). The van der Waals surface area contributed by atoms with Crippen molar-refractivity contribution in [2.75, 3.05) is 13.1 Å². The molecule has 8 heteroatoms. The van der Waals surface area contributed by atoms with Crippen molar-refractivity contribution in [2.45, 2.75) is 51.6 Å². The lowest BCUT2D eigenvalue weighted by Crippen LogP contribution is -2.52. The second-order valence-electron chi connectivity index (χ2n) is 9.84. The number of likely N-dealkylation sites (tertiary alicyclic amines) is 1. The van der Waals surface area contributed by atoms with Gasteiger partial charge in [-0.25, -0.2) is 4.39 Å².